The number of imide groups is 1. The molecule has 2 aromatic rings. The molecule has 25 heavy (non-hydrogen) atoms. The Bertz CT molecular complexity index is 813. The third kappa shape index (κ3) is 3.24. The van der Waals surface area contributed by atoms with Gasteiger partial charge in [0.1, 0.15) is 5.92 Å². The van der Waals surface area contributed by atoms with E-state index in [2.05, 4.69) is 10.6 Å². The molecule has 2 N–H and O–H groups in total. The standard InChI is InChI=1S/C19H19N3O3/c1-12-7-6-8-13(2)16(12)21-17(23)15-11-20-19(25)22(18(15)24)14-9-4-3-5-10-14/h3-10,15H,11H2,1-2H3,(H,20,25)(H,21,23). The Kier molecular flexibility index (Phi) is 4.52. The minimum absolute atomic E-state index is 0.0161. The lowest BCUT2D eigenvalue weighted by Gasteiger charge is -2.30. The molecule has 2 aromatic carbocycles. The van der Waals surface area contributed by atoms with Crippen LogP contribution in [0, 0.1) is 19.8 Å². The summed E-state index contributed by atoms with van der Waals surface area (Å²) < 4.78 is 0. The number of benzene rings is 2. The minimum Gasteiger partial charge on any atom is -0.336 e. The van der Waals surface area contributed by atoms with Crippen molar-refractivity contribution in [3.8, 4) is 0 Å². The molecule has 3 rings (SSSR count). The molecule has 0 aliphatic carbocycles. The summed E-state index contributed by atoms with van der Waals surface area (Å²) in [4.78, 5) is 38.5. The first kappa shape index (κ1) is 16.7. The second-order valence-corrected chi connectivity index (χ2v) is 6.00. The van der Waals surface area contributed by atoms with E-state index in [1.54, 1.807) is 30.3 Å². The quantitative estimate of drug-likeness (QED) is 0.845. The van der Waals surface area contributed by atoms with Gasteiger partial charge in [0.25, 0.3) is 0 Å². The highest BCUT2D eigenvalue weighted by Gasteiger charge is 2.39. The number of hydrogen-bond acceptors (Lipinski definition) is 3. The number of para-hydroxylation sites is 2. The number of rotatable bonds is 3. The maximum absolute atomic E-state index is 12.7. The van der Waals surface area contributed by atoms with E-state index in [4.69, 9.17) is 0 Å². The highest BCUT2D eigenvalue weighted by Crippen LogP contribution is 2.23. The summed E-state index contributed by atoms with van der Waals surface area (Å²) in [5, 5.41) is 5.44. The Morgan fingerprint density at radius 1 is 1.04 bits per heavy atom. The lowest BCUT2D eigenvalue weighted by molar-refractivity contribution is -0.130. The number of urea groups is 1. The Balaban J connectivity index is 1.84. The lowest BCUT2D eigenvalue weighted by atomic mass is 10.0. The molecule has 1 aliphatic rings. The van der Waals surface area contributed by atoms with Crippen LogP contribution in [-0.4, -0.2) is 24.4 Å². The fourth-order valence-corrected chi connectivity index (χ4v) is 2.86. The highest BCUT2D eigenvalue weighted by atomic mass is 16.2. The number of nitrogens with one attached hydrogen (secondary N) is 2. The molecule has 0 bridgehead atoms. The molecule has 6 heteroatoms. The van der Waals surface area contributed by atoms with Gasteiger partial charge in [0, 0.05) is 12.2 Å². The van der Waals surface area contributed by atoms with Crippen molar-refractivity contribution >= 4 is 29.2 Å². The third-order valence-corrected chi connectivity index (χ3v) is 4.24. The number of aryl methyl sites for hydroxylation is 2. The van der Waals surface area contributed by atoms with Crippen molar-refractivity contribution in [2.45, 2.75) is 13.8 Å². The van der Waals surface area contributed by atoms with E-state index in [1.807, 2.05) is 32.0 Å². The van der Waals surface area contributed by atoms with Crippen molar-refractivity contribution in [3.63, 3.8) is 0 Å². The van der Waals surface area contributed by atoms with Crippen LogP contribution in [0.2, 0.25) is 0 Å². The van der Waals surface area contributed by atoms with E-state index >= 15 is 0 Å². The number of carbonyl (C=O) groups is 3. The van der Waals surface area contributed by atoms with Crippen molar-refractivity contribution in [1.82, 2.24) is 5.32 Å². The maximum atomic E-state index is 12.7. The molecule has 4 amide bonds. The summed E-state index contributed by atoms with van der Waals surface area (Å²) in [5.74, 6) is -1.93. The SMILES string of the molecule is Cc1cccc(C)c1NC(=O)C1CNC(=O)N(c2ccccc2)C1=O. The summed E-state index contributed by atoms with van der Waals surface area (Å²) in [6, 6.07) is 13.7. The zero-order valence-electron chi connectivity index (χ0n) is 14.1. The molecular formula is C19H19N3O3. The first-order valence-corrected chi connectivity index (χ1v) is 8.03. The predicted molar refractivity (Wildman–Crippen MR) is 95.4 cm³/mol. The molecular weight excluding hydrogens is 318 g/mol. The molecule has 1 unspecified atom stereocenters. The topological polar surface area (TPSA) is 78.5 Å². The Hall–Kier alpha value is -3.15. The van der Waals surface area contributed by atoms with Gasteiger partial charge in [-0.25, -0.2) is 9.69 Å². The van der Waals surface area contributed by atoms with Gasteiger partial charge < -0.3 is 10.6 Å². The van der Waals surface area contributed by atoms with Gasteiger partial charge in [-0.1, -0.05) is 36.4 Å². The number of amides is 4. The molecule has 0 saturated carbocycles. The van der Waals surface area contributed by atoms with Crippen LogP contribution in [0.4, 0.5) is 16.2 Å². The average Bonchev–Trinajstić information content (AvgIpc) is 2.59. The van der Waals surface area contributed by atoms with Gasteiger partial charge >= 0.3 is 6.03 Å². The van der Waals surface area contributed by atoms with Crippen LogP contribution >= 0.6 is 0 Å². The molecule has 0 spiro atoms. The van der Waals surface area contributed by atoms with Crippen molar-refractivity contribution < 1.29 is 14.4 Å². The van der Waals surface area contributed by atoms with Gasteiger partial charge in [-0.3, -0.25) is 9.59 Å². The van der Waals surface area contributed by atoms with E-state index in [0.717, 1.165) is 16.0 Å². The van der Waals surface area contributed by atoms with Gasteiger partial charge in [-0.15, -0.1) is 0 Å². The molecule has 6 nitrogen and oxygen atoms in total. The number of anilines is 2. The third-order valence-electron chi connectivity index (χ3n) is 4.24. The van der Waals surface area contributed by atoms with Crippen LogP contribution in [-0.2, 0) is 9.59 Å². The first-order chi connectivity index (χ1) is 12.0. The smallest absolute Gasteiger partial charge is 0.328 e. The summed E-state index contributed by atoms with van der Waals surface area (Å²) in [6.07, 6.45) is 0. The number of carbonyl (C=O) groups excluding carboxylic acids is 3. The maximum Gasteiger partial charge on any atom is 0.328 e. The first-order valence-electron chi connectivity index (χ1n) is 8.03. The molecule has 0 radical (unpaired) electrons. The second-order valence-electron chi connectivity index (χ2n) is 6.00. The molecule has 1 heterocycles. The van der Waals surface area contributed by atoms with Gasteiger partial charge in [-0.2, -0.15) is 0 Å². The zero-order chi connectivity index (χ0) is 18.0. The van der Waals surface area contributed by atoms with Crippen LogP contribution in [0.1, 0.15) is 11.1 Å². The predicted octanol–water partition coefficient (Wildman–Crippen LogP) is 2.61. The van der Waals surface area contributed by atoms with E-state index in [-0.39, 0.29) is 6.54 Å². The van der Waals surface area contributed by atoms with E-state index < -0.39 is 23.8 Å². The number of hydrogen-bond donors (Lipinski definition) is 2. The molecule has 1 saturated heterocycles. The van der Waals surface area contributed by atoms with Gasteiger partial charge in [0.05, 0.1) is 5.69 Å². The highest BCUT2D eigenvalue weighted by molar-refractivity contribution is 6.23. The largest absolute Gasteiger partial charge is 0.336 e. The van der Waals surface area contributed by atoms with E-state index in [1.165, 1.54) is 0 Å². The fourth-order valence-electron chi connectivity index (χ4n) is 2.86. The zero-order valence-corrected chi connectivity index (χ0v) is 14.1. The summed E-state index contributed by atoms with van der Waals surface area (Å²) in [5.41, 5.74) is 2.97. The van der Waals surface area contributed by atoms with Crippen molar-refractivity contribution in [2.75, 3.05) is 16.8 Å². The lowest BCUT2D eigenvalue weighted by Crippen LogP contribution is -2.58. The number of nitrogens with zero attached hydrogens (tertiary/aromatic N) is 1. The molecule has 1 aliphatic heterocycles. The minimum atomic E-state index is -0.975. The van der Waals surface area contributed by atoms with Gasteiger partial charge in [0.15, 0.2) is 0 Å². The average molecular weight is 337 g/mol. The van der Waals surface area contributed by atoms with Crippen molar-refractivity contribution in [1.29, 1.82) is 0 Å². The molecule has 1 atom stereocenters. The molecule has 128 valence electrons. The Morgan fingerprint density at radius 2 is 1.68 bits per heavy atom. The van der Waals surface area contributed by atoms with Gasteiger partial charge in [0.2, 0.25) is 11.8 Å². The van der Waals surface area contributed by atoms with Crippen LogP contribution in [0.25, 0.3) is 0 Å². The molecule has 0 aromatic heterocycles. The van der Waals surface area contributed by atoms with Crippen LogP contribution in [0.15, 0.2) is 48.5 Å². The van der Waals surface area contributed by atoms with Crippen molar-refractivity contribution in [2.24, 2.45) is 5.92 Å². The monoisotopic (exact) mass is 337 g/mol. The summed E-state index contributed by atoms with van der Waals surface area (Å²) in [7, 11) is 0. The Labute approximate surface area is 145 Å². The van der Waals surface area contributed by atoms with Crippen LogP contribution < -0.4 is 15.5 Å². The normalized spacial score (nSPS) is 17.2. The fraction of sp³-hybridized carbons (Fsp3) is 0.211. The van der Waals surface area contributed by atoms with E-state index in [9.17, 15) is 14.4 Å². The molecule has 1 fully saturated rings. The van der Waals surface area contributed by atoms with E-state index in [0.29, 0.717) is 11.4 Å². The van der Waals surface area contributed by atoms with Gasteiger partial charge in [-0.05, 0) is 37.1 Å². The van der Waals surface area contributed by atoms with Crippen LogP contribution in [0.5, 0.6) is 0 Å². The van der Waals surface area contributed by atoms with Crippen molar-refractivity contribution in [3.05, 3.63) is 59.7 Å². The van der Waals surface area contributed by atoms with Crippen LogP contribution in [0.3, 0.4) is 0 Å². The summed E-state index contributed by atoms with van der Waals surface area (Å²) in [6.45, 7) is 3.77. The second kappa shape index (κ2) is 6.76. The summed E-state index contributed by atoms with van der Waals surface area (Å²) >= 11 is 0. The Morgan fingerprint density at radius 3 is 2.32 bits per heavy atom.